The summed E-state index contributed by atoms with van der Waals surface area (Å²) in [4.78, 5) is 16.9. The van der Waals surface area contributed by atoms with Crippen molar-refractivity contribution < 1.29 is 27.4 Å². The summed E-state index contributed by atoms with van der Waals surface area (Å²) >= 11 is 0. The number of amides is 1. The lowest BCUT2D eigenvalue weighted by Crippen LogP contribution is -2.38. The number of carbonyl (C=O) groups is 1. The molecule has 1 saturated heterocycles. The summed E-state index contributed by atoms with van der Waals surface area (Å²) in [6.07, 6.45) is -1.61. The molecule has 2 aliphatic rings. The van der Waals surface area contributed by atoms with Crippen LogP contribution in [-0.2, 0) is 24.1 Å². The van der Waals surface area contributed by atoms with Crippen molar-refractivity contribution in [3.8, 4) is 11.5 Å². The van der Waals surface area contributed by atoms with Crippen LogP contribution in [0.4, 0.5) is 13.2 Å². The zero-order chi connectivity index (χ0) is 23.4. The van der Waals surface area contributed by atoms with E-state index < -0.39 is 11.7 Å². The quantitative estimate of drug-likeness (QED) is 0.650. The first-order chi connectivity index (χ1) is 15.8. The minimum Gasteiger partial charge on any atom is -0.493 e. The van der Waals surface area contributed by atoms with Crippen molar-refractivity contribution in [1.29, 1.82) is 0 Å². The van der Waals surface area contributed by atoms with Crippen molar-refractivity contribution in [2.75, 3.05) is 26.8 Å². The van der Waals surface area contributed by atoms with Gasteiger partial charge in [0.1, 0.15) is 0 Å². The second-order valence-electron chi connectivity index (χ2n) is 8.62. The Bertz CT molecular complexity index is 980. The summed E-state index contributed by atoms with van der Waals surface area (Å²) in [5, 5.41) is 0. The molecule has 0 unspecified atom stereocenters. The van der Waals surface area contributed by atoms with Gasteiger partial charge in [0.25, 0.3) is 0 Å². The molecular formula is C25H29F3N2O3. The third kappa shape index (κ3) is 5.61. The molecule has 33 heavy (non-hydrogen) atoms. The van der Waals surface area contributed by atoms with Gasteiger partial charge in [0, 0.05) is 44.2 Å². The summed E-state index contributed by atoms with van der Waals surface area (Å²) in [6, 6.07) is 11.3. The Hall–Kier alpha value is -2.74. The van der Waals surface area contributed by atoms with Crippen molar-refractivity contribution in [1.82, 2.24) is 9.80 Å². The number of ether oxygens (including phenoxy) is 2. The highest BCUT2D eigenvalue weighted by Crippen LogP contribution is 2.34. The van der Waals surface area contributed by atoms with E-state index in [0.29, 0.717) is 31.7 Å². The van der Waals surface area contributed by atoms with Crippen LogP contribution in [0, 0.1) is 0 Å². The summed E-state index contributed by atoms with van der Waals surface area (Å²) < 4.78 is 50.6. The van der Waals surface area contributed by atoms with E-state index >= 15 is 0 Å². The van der Waals surface area contributed by atoms with Gasteiger partial charge in [0.2, 0.25) is 5.91 Å². The molecule has 0 saturated carbocycles. The van der Waals surface area contributed by atoms with Crippen LogP contribution in [0.15, 0.2) is 42.5 Å². The fourth-order valence-electron chi connectivity index (χ4n) is 4.68. The Morgan fingerprint density at radius 1 is 1.12 bits per heavy atom. The number of alkyl halides is 3. The number of hydrogen-bond acceptors (Lipinski definition) is 4. The highest BCUT2D eigenvalue weighted by molar-refractivity contribution is 5.76. The third-order valence-electron chi connectivity index (χ3n) is 6.41. The summed E-state index contributed by atoms with van der Waals surface area (Å²) in [6.45, 7) is 2.89. The smallest absolute Gasteiger partial charge is 0.416 e. The fourth-order valence-corrected chi connectivity index (χ4v) is 4.68. The molecule has 0 aromatic heterocycles. The van der Waals surface area contributed by atoms with Gasteiger partial charge < -0.3 is 14.4 Å². The summed E-state index contributed by atoms with van der Waals surface area (Å²) in [5.41, 5.74) is 0.878. The second kappa shape index (κ2) is 10.0. The first-order valence-electron chi connectivity index (χ1n) is 11.3. The molecule has 0 N–H and O–H groups in total. The van der Waals surface area contributed by atoms with Crippen molar-refractivity contribution >= 4 is 5.91 Å². The van der Waals surface area contributed by atoms with Crippen LogP contribution >= 0.6 is 0 Å². The van der Waals surface area contributed by atoms with Crippen LogP contribution < -0.4 is 9.47 Å². The lowest BCUT2D eigenvalue weighted by atomic mass is 10.0. The van der Waals surface area contributed by atoms with Gasteiger partial charge in [-0.05, 0) is 43.0 Å². The molecule has 2 aliphatic heterocycles. The molecular weight excluding hydrogens is 433 g/mol. The molecule has 178 valence electrons. The monoisotopic (exact) mass is 462 g/mol. The number of nitrogens with zero attached hydrogens (tertiary/aromatic N) is 2. The first-order valence-corrected chi connectivity index (χ1v) is 11.3. The maximum atomic E-state index is 13.1. The van der Waals surface area contributed by atoms with E-state index in [2.05, 4.69) is 4.90 Å². The Morgan fingerprint density at radius 2 is 1.94 bits per heavy atom. The largest absolute Gasteiger partial charge is 0.493 e. The van der Waals surface area contributed by atoms with Crippen LogP contribution in [0.3, 0.4) is 0 Å². The normalized spacial score (nSPS) is 20.3. The number of halogens is 3. The zero-order valence-corrected chi connectivity index (χ0v) is 18.7. The van der Waals surface area contributed by atoms with Gasteiger partial charge in [0.05, 0.1) is 19.3 Å². The standard InChI is InChI=1S/C25H29F3N2O3/c1-32-22-8-3-6-19-17-29(12-4-14-33-24(19)22)21-9-10-23(31)30(13-11-21)16-18-5-2-7-20(15-18)25(26,27)28/h2-3,5-8,15,21H,4,9-14,16-17H2,1H3/t21-/m1/s1. The van der Waals surface area contributed by atoms with E-state index in [1.165, 1.54) is 6.07 Å². The van der Waals surface area contributed by atoms with Crippen LogP contribution in [0.2, 0.25) is 0 Å². The maximum absolute atomic E-state index is 13.1. The van der Waals surface area contributed by atoms with E-state index in [1.54, 1.807) is 18.1 Å². The Labute approximate surface area is 192 Å². The molecule has 2 aromatic carbocycles. The van der Waals surface area contributed by atoms with Crippen molar-refractivity contribution in [3.05, 3.63) is 59.2 Å². The Balaban J connectivity index is 1.45. The third-order valence-corrected chi connectivity index (χ3v) is 6.41. The molecule has 1 atom stereocenters. The van der Waals surface area contributed by atoms with Crippen LogP contribution in [-0.4, -0.2) is 48.6 Å². The number of fused-ring (bicyclic) bond motifs is 1. The number of rotatable bonds is 4. The second-order valence-corrected chi connectivity index (χ2v) is 8.62. The Kier molecular flexibility index (Phi) is 7.12. The average Bonchev–Trinajstić information content (AvgIpc) is 2.95. The molecule has 1 amide bonds. The Morgan fingerprint density at radius 3 is 2.73 bits per heavy atom. The van der Waals surface area contributed by atoms with E-state index in [-0.39, 0.29) is 18.5 Å². The predicted octanol–water partition coefficient (Wildman–Crippen LogP) is 4.88. The average molecular weight is 463 g/mol. The number of carbonyl (C=O) groups excluding carboxylic acids is 1. The van der Waals surface area contributed by atoms with Gasteiger partial charge in [0.15, 0.2) is 11.5 Å². The van der Waals surface area contributed by atoms with Gasteiger partial charge in [-0.2, -0.15) is 13.2 Å². The van der Waals surface area contributed by atoms with Gasteiger partial charge in [-0.25, -0.2) is 0 Å². The van der Waals surface area contributed by atoms with E-state index in [0.717, 1.165) is 55.0 Å². The van der Waals surface area contributed by atoms with E-state index in [1.807, 2.05) is 18.2 Å². The lowest BCUT2D eigenvalue weighted by Gasteiger charge is -2.33. The van der Waals surface area contributed by atoms with Crippen molar-refractivity contribution in [2.24, 2.45) is 0 Å². The summed E-state index contributed by atoms with van der Waals surface area (Å²) in [7, 11) is 1.63. The van der Waals surface area contributed by atoms with Crippen molar-refractivity contribution in [2.45, 2.75) is 51.0 Å². The molecule has 5 nitrogen and oxygen atoms in total. The predicted molar refractivity (Wildman–Crippen MR) is 118 cm³/mol. The summed E-state index contributed by atoms with van der Waals surface area (Å²) in [5.74, 6) is 1.49. The van der Waals surface area contributed by atoms with Crippen LogP contribution in [0.25, 0.3) is 0 Å². The van der Waals surface area contributed by atoms with E-state index in [4.69, 9.17) is 9.47 Å². The number of likely N-dealkylation sites (tertiary alicyclic amines) is 1. The number of hydrogen-bond donors (Lipinski definition) is 0. The highest BCUT2D eigenvalue weighted by Gasteiger charge is 2.31. The van der Waals surface area contributed by atoms with Gasteiger partial charge in [-0.3, -0.25) is 9.69 Å². The maximum Gasteiger partial charge on any atom is 0.416 e. The molecule has 0 bridgehead atoms. The molecule has 0 radical (unpaired) electrons. The fraction of sp³-hybridized carbons (Fsp3) is 0.480. The topological polar surface area (TPSA) is 42.0 Å². The minimum atomic E-state index is -4.39. The number of methoxy groups -OCH3 is 1. The molecule has 4 rings (SSSR count). The van der Waals surface area contributed by atoms with Gasteiger partial charge >= 0.3 is 6.18 Å². The highest BCUT2D eigenvalue weighted by atomic mass is 19.4. The SMILES string of the molecule is COc1cccc2c1OCCCN([C@@H]1CCC(=O)N(Cc3cccc(C(F)(F)F)c3)CC1)C2. The molecule has 0 aliphatic carbocycles. The van der Waals surface area contributed by atoms with Gasteiger partial charge in [-0.15, -0.1) is 0 Å². The molecule has 8 heteroatoms. The van der Waals surface area contributed by atoms with Crippen molar-refractivity contribution in [3.63, 3.8) is 0 Å². The number of para-hydroxylation sites is 1. The number of benzene rings is 2. The van der Waals surface area contributed by atoms with Crippen LogP contribution in [0.1, 0.15) is 42.4 Å². The zero-order valence-electron chi connectivity index (χ0n) is 18.7. The molecule has 1 fully saturated rings. The van der Waals surface area contributed by atoms with Gasteiger partial charge in [-0.1, -0.05) is 24.3 Å². The van der Waals surface area contributed by atoms with E-state index in [9.17, 15) is 18.0 Å². The van der Waals surface area contributed by atoms with Crippen LogP contribution in [0.5, 0.6) is 11.5 Å². The lowest BCUT2D eigenvalue weighted by molar-refractivity contribution is -0.137. The first kappa shape index (κ1) is 23.4. The molecule has 2 aromatic rings. The molecule has 0 spiro atoms. The minimum absolute atomic E-state index is 0.00708. The molecule has 2 heterocycles.